The number of hydrogen-bond acceptors (Lipinski definition) is 4. The van der Waals surface area contributed by atoms with Gasteiger partial charge in [-0.1, -0.05) is 78.4 Å². The topological polar surface area (TPSA) is 76.9 Å². The predicted octanol–water partition coefficient (Wildman–Crippen LogP) is 5.07. The number of allylic oxidation sites excluding steroid dienone is 1. The van der Waals surface area contributed by atoms with Crippen LogP contribution in [-0.2, 0) is 0 Å². The normalized spacial score (nSPS) is 15.2. The molecule has 0 saturated carbocycles. The first-order chi connectivity index (χ1) is 15.2. The van der Waals surface area contributed by atoms with Crippen LogP contribution in [0, 0.1) is 18.3 Å². The summed E-state index contributed by atoms with van der Waals surface area (Å²) in [4.78, 5) is 0. The van der Waals surface area contributed by atoms with Gasteiger partial charge in [0.25, 0.3) is 0 Å². The molecule has 150 valence electrons. The number of fused-ring (bicyclic) bond motifs is 1. The Bertz CT molecular complexity index is 1310. The number of nitrogens with two attached hydrogens (primary N) is 1. The van der Waals surface area contributed by atoms with E-state index in [1.54, 1.807) is 4.68 Å². The van der Waals surface area contributed by atoms with E-state index in [9.17, 15) is 5.26 Å². The third kappa shape index (κ3) is 3.15. The summed E-state index contributed by atoms with van der Waals surface area (Å²) in [7, 11) is 0. The summed E-state index contributed by atoms with van der Waals surface area (Å²) < 4.78 is 7.80. The van der Waals surface area contributed by atoms with Crippen LogP contribution in [0.25, 0.3) is 16.9 Å². The molecule has 0 fully saturated rings. The van der Waals surface area contributed by atoms with E-state index in [1.807, 2.05) is 91.9 Å². The van der Waals surface area contributed by atoms with Gasteiger partial charge in [-0.2, -0.15) is 15.0 Å². The SMILES string of the molecule is Cc1ccc([C@@H]2C(C#N)=C(N)Oc3c2c(-c2ccccc2)nn3-c2ccccc2)cc1. The molecule has 2 N–H and O–H groups in total. The first-order valence-corrected chi connectivity index (χ1v) is 10.1. The van der Waals surface area contributed by atoms with Crippen LogP contribution in [0.3, 0.4) is 0 Å². The van der Waals surface area contributed by atoms with Gasteiger partial charge in [0.2, 0.25) is 11.8 Å². The van der Waals surface area contributed by atoms with E-state index < -0.39 is 0 Å². The number of nitrogens with zero attached hydrogens (tertiary/aromatic N) is 3. The number of hydrogen-bond donors (Lipinski definition) is 1. The van der Waals surface area contributed by atoms with Crippen molar-refractivity contribution >= 4 is 0 Å². The van der Waals surface area contributed by atoms with Crippen LogP contribution >= 0.6 is 0 Å². The van der Waals surface area contributed by atoms with E-state index in [-0.39, 0.29) is 11.8 Å². The van der Waals surface area contributed by atoms with Gasteiger partial charge < -0.3 is 10.5 Å². The molecule has 1 aromatic heterocycles. The fourth-order valence-electron chi connectivity index (χ4n) is 3.98. The highest BCUT2D eigenvalue weighted by Gasteiger charge is 2.37. The summed E-state index contributed by atoms with van der Waals surface area (Å²) in [6, 6.07) is 30.2. The zero-order valence-corrected chi connectivity index (χ0v) is 17.0. The minimum absolute atomic E-state index is 0.109. The molecular weight excluding hydrogens is 384 g/mol. The van der Waals surface area contributed by atoms with Crippen molar-refractivity contribution in [3.05, 3.63) is 113 Å². The van der Waals surface area contributed by atoms with Crippen LogP contribution in [0.15, 0.2) is 96.4 Å². The highest BCUT2D eigenvalue weighted by atomic mass is 16.5. The van der Waals surface area contributed by atoms with Crippen LogP contribution in [0.5, 0.6) is 5.88 Å². The lowest BCUT2D eigenvalue weighted by Gasteiger charge is -2.25. The van der Waals surface area contributed by atoms with Crippen molar-refractivity contribution in [3.63, 3.8) is 0 Å². The molecule has 0 spiro atoms. The Labute approximate surface area is 180 Å². The van der Waals surface area contributed by atoms with Gasteiger partial charge in [-0.15, -0.1) is 0 Å². The lowest BCUT2D eigenvalue weighted by molar-refractivity contribution is 0.367. The standard InChI is InChI=1S/C26H20N4O/c1-17-12-14-18(15-13-17)22-21(16-27)25(28)31-26-23(22)24(19-8-4-2-5-9-19)29-30(26)20-10-6-3-7-11-20/h2-15,22H,28H2,1H3/t22-/m1/s1. The molecule has 0 aliphatic carbocycles. The molecule has 2 heterocycles. The third-order valence-corrected chi connectivity index (χ3v) is 5.51. The number of nitriles is 1. The van der Waals surface area contributed by atoms with Gasteiger partial charge in [0.15, 0.2) is 0 Å². The first-order valence-electron chi connectivity index (χ1n) is 10.1. The van der Waals surface area contributed by atoms with Crippen molar-refractivity contribution in [2.24, 2.45) is 5.73 Å². The Kier molecular flexibility index (Phi) is 4.53. The summed E-state index contributed by atoms with van der Waals surface area (Å²) in [5.41, 5.74) is 12.2. The van der Waals surface area contributed by atoms with Crippen LogP contribution < -0.4 is 10.5 Å². The zero-order valence-electron chi connectivity index (χ0n) is 17.0. The van der Waals surface area contributed by atoms with E-state index in [4.69, 9.17) is 15.6 Å². The predicted molar refractivity (Wildman–Crippen MR) is 119 cm³/mol. The van der Waals surface area contributed by atoms with Gasteiger partial charge in [0.1, 0.15) is 17.3 Å². The van der Waals surface area contributed by atoms with E-state index in [1.165, 1.54) is 0 Å². The van der Waals surface area contributed by atoms with Gasteiger partial charge in [0, 0.05) is 5.56 Å². The summed E-state index contributed by atoms with van der Waals surface area (Å²) in [6.45, 7) is 2.04. The van der Waals surface area contributed by atoms with Crippen molar-refractivity contribution in [1.82, 2.24) is 9.78 Å². The smallest absolute Gasteiger partial charge is 0.229 e. The Morgan fingerprint density at radius 2 is 1.58 bits per heavy atom. The second kappa shape index (κ2) is 7.51. The van der Waals surface area contributed by atoms with E-state index in [0.29, 0.717) is 11.5 Å². The molecule has 1 aliphatic rings. The molecule has 4 aromatic rings. The number of para-hydroxylation sites is 1. The number of aryl methyl sites for hydroxylation is 1. The highest BCUT2D eigenvalue weighted by Crippen LogP contribution is 2.47. The van der Waals surface area contributed by atoms with Crippen LogP contribution in [0.4, 0.5) is 0 Å². The van der Waals surface area contributed by atoms with Crippen molar-refractivity contribution in [1.29, 1.82) is 5.26 Å². The molecule has 3 aromatic carbocycles. The van der Waals surface area contributed by atoms with Crippen molar-refractivity contribution in [3.8, 4) is 28.9 Å². The van der Waals surface area contributed by atoms with Crippen molar-refractivity contribution < 1.29 is 4.74 Å². The third-order valence-electron chi connectivity index (χ3n) is 5.51. The number of rotatable bonds is 3. The number of ether oxygens (including phenoxy) is 1. The lowest BCUT2D eigenvalue weighted by atomic mass is 9.83. The van der Waals surface area contributed by atoms with Crippen LogP contribution in [0.2, 0.25) is 0 Å². The maximum Gasteiger partial charge on any atom is 0.229 e. The average molecular weight is 404 g/mol. The summed E-state index contributed by atoms with van der Waals surface area (Å²) in [5, 5.41) is 14.9. The van der Waals surface area contributed by atoms with Gasteiger partial charge in [-0.05, 0) is 24.6 Å². The minimum Gasteiger partial charge on any atom is -0.422 e. The molecule has 1 aliphatic heterocycles. The molecule has 0 radical (unpaired) electrons. The molecule has 1 atom stereocenters. The number of aromatic nitrogens is 2. The van der Waals surface area contributed by atoms with E-state index >= 15 is 0 Å². The highest BCUT2D eigenvalue weighted by molar-refractivity contribution is 5.72. The first kappa shape index (κ1) is 18.7. The second-order valence-corrected chi connectivity index (χ2v) is 7.52. The summed E-state index contributed by atoms with van der Waals surface area (Å²) >= 11 is 0. The van der Waals surface area contributed by atoms with E-state index in [2.05, 4.69) is 6.07 Å². The van der Waals surface area contributed by atoms with Gasteiger partial charge >= 0.3 is 0 Å². The van der Waals surface area contributed by atoms with Gasteiger partial charge in [-0.25, -0.2) is 0 Å². The molecule has 31 heavy (non-hydrogen) atoms. The van der Waals surface area contributed by atoms with Crippen LogP contribution in [0.1, 0.15) is 22.6 Å². The molecule has 0 unspecified atom stereocenters. The molecule has 0 saturated heterocycles. The maximum atomic E-state index is 9.96. The molecular formula is C26H20N4O. The lowest BCUT2D eigenvalue weighted by Crippen LogP contribution is -2.22. The van der Waals surface area contributed by atoms with Crippen molar-refractivity contribution in [2.45, 2.75) is 12.8 Å². The summed E-state index contributed by atoms with van der Waals surface area (Å²) in [6.07, 6.45) is 0. The van der Waals surface area contributed by atoms with Crippen molar-refractivity contribution in [2.75, 3.05) is 0 Å². The molecule has 0 amide bonds. The Morgan fingerprint density at radius 3 is 2.23 bits per heavy atom. The van der Waals surface area contributed by atoms with Gasteiger partial charge in [0.05, 0.1) is 17.2 Å². The van der Waals surface area contributed by atoms with Crippen LogP contribution in [-0.4, -0.2) is 9.78 Å². The molecule has 5 nitrogen and oxygen atoms in total. The minimum atomic E-state index is -0.373. The zero-order chi connectivity index (χ0) is 21.4. The average Bonchev–Trinajstić information content (AvgIpc) is 3.19. The fraction of sp³-hybridized carbons (Fsp3) is 0.0769. The maximum absolute atomic E-state index is 9.96. The quantitative estimate of drug-likeness (QED) is 0.517. The Hall–Kier alpha value is -4.30. The second-order valence-electron chi connectivity index (χ2n) is 7.52. The van der Waals surface area contributed by atoms with Gasteiger partial charge in [-0.3, -0.25) is 0 Å². The fourth-order valence-corrected chi connectivity index (χ4v) is 3.98. The number of benzene rings is 3. The largest absolute Gasteiger partial charge is 0.422 e. The Balaban J connectivity index is 1.83. The monoisotopic (exact) mass is 404 g/mol. The Morgan fingerprint density at radius 1 is 0.935 bits per heavy atom. The molecule has 5 heteroatoms. The summed E-state index contributed by atoms with van der Waals surface area (Å²) in [5.74, 6) is 0.270. The molecule has 5 rings (SSSR count). The molecule has 0 bridgehead atoms. The van der Waals surface area contributed by atoms with E-state index in [0.717, 1.165) is 33.6 Å².